The van der Waals surface area contributed by atoms with Crippen LogP contribution in [0.5, 0.6) is 5.75 Å². The Morgan fingerprint density at radius 1 is 0.920 bits per heavy atom. The molecule has 25 heavy (non-hydrogen) atoms. The lowest BCUT2D eigenvalue weighted by Crippen LogP contribution is -2.11. The Balaban J connectivity index is 1.65. The number of hydrogen-bond acceptors (Lipinski definition) is 3. The molecule has 0 bridgehead atoms. The van der Waals surface area contributed by atoms with Gasteiger partial charge < -0.3 is 4.74 Å². The van der Waals surface area contributed by atoms with Crippen molar-refractivity contribution in [1.29, 1.82) is 5.26 Å². The molecule has 0 N–H and O–H groups in total. The molecular formula is C21H14ClNO2. The number of benzene rings is 3. The number of carbonyl (C=O) groups is 1. The van der Waals surface area contributed by atoms with Crippen molar-refractivity contribution in [3.8, 4) is 22.9 Å². The molecule has 3 rings (SSSR count). The summed E-state index contributed by atoms with van der Waals surface area (Å²) >= 11 is 6.01. The summed E-state index contributed by atoms with van der Waals surface area (Å²) in [4.78, 5) is 12.2. The predicted molar refractivity (Wildman–Crippen MR) is 97.9 cm³/mol. The number of nitrogens with zero attached hydrogens (tertiary/aromatic N) is 1. The standard InChI is InChI=1S/C21H14ClNO2/c22-20-4-2-1-3-19(20)21(24)14-25-18-11-9-17(10-12-18)16-7-5-15(13-23)6-8-16/h1-12H,14H2. The third-order valence-electron chi connectivity index (χ3n) is 3.75. The summed E-state index contributed by atoms with van der Waals surface area (Å²) in [6.07, 6.45) is 0. The van der Waals surface area contributed by atoms with Crippen molar-refractivity contribution >= 4 is 17.4 Å². The molecule has 0 fully saturated rings. The number of carbonyl (C=O) groups excluding carboxylic acids is 1. The third-order valence-corrected chi connectivity index (χ3v) is 4.08. The van der Waals surface area contributed by atoms with Gasteiger partial charge in [0, 0.05) is 5.56 Å². The average Bonchev–Trinajstić information content (AvgIpc) is 2.67. The summed E-state index contributed by atoms with van der Waals surface area (Å²) < 4.78 is 5.55. The van der Waals surface area contributed by atoms with Crippen LogP contribution in [0.3, 0.4) is 0 Å². The van der Waals surface area contributed by atoms with Gasteiger partial charge in [-0.15, -0.1) is 0 Å². The summed E-state index contributed by atoms with van der Waals surface area (Å²) in [5.74, 6) is 0.444. The van der Waals surface area contributed by atoms with Crippen molar-refractivity contribution in [2.75, 3.05) is 6.61 Å². The van der Waals surface area contributed by atoms with Gasteiger partial charge in [-0.25, -0.2) is 0 Å². The molecule has 0 atom stereocenters. The number of halogens is 1. The lowest BCUT2D eigenvalue weighted by Gasteiger charge is -2.08. The van der Waals surface area contributed by atoms with Crippen LogP contribution in [0.4, 0.5) is 0 Å². The molecule has 0 amide bonds. The molecule has 0 aliphatic heterocycles. The topological polar surface area (TPSA) is 50.1 Å². The highest BCUT2D eigenvalue weighted by Crippen LogP contribution is 2.23. The van der Waals surface area contributed by atoms with Gasteiger partial charge in [-0.1, -0.05) is 48.0 Å². The molecule has 0 saturated carbocycles. The van der Waals surface area contributed by atoms with Crippen molar-refractivity contribution in [3.63, 3.8) is 0 Å². The molecule has 0 saturated heterocycles. The van der Waals surface area contributed by atoms with Crippen LogP contribution in [0.15, 0.2) is 72.8 Å². The molecule has 3 nitrogen and oxygen atoms in total. The minimum Gasteiger partial charge on any atom is -0.485 e. The minimum atomic E-state index is -0.165. The minimum absolute atomic E-state index is 0.0695. The predicted octanol–water partition coefficient (Wildman–Crippen LogP) is 5.14. The smallest absolute Gasteiger partial charge is 0.201 e. The van der Waals surface area contributed by atoms with E-state index in [9.17, 15) is 4.79 Å². The van der Waals surface area contributed by atoms with Gasteiger partial charge in [-0.05, 0) is 47.5 Å². The summed E-state index contributed by atoms with van der Waals surface area (Å²) in [5.41, 5.74) is 3.10. The van der Waals surface area contributed by atoms with E-state index in [0.29, 0.717) is 21.9 Å². The van der Waals surface area contributed by atoms with Gasteiger partial charge in [-0.3, -0.25) is 4.79 Å². The largest absolute Gasteiger partial charge is 0.485 e. The molecule has 0 aromatic heterocycles. The highest BCUT2D eigenvalue weighted by molar-refractivity contribution is 6.34. The molecule has 3 aromatic carbocycles. The highest BCUT2D eigenvalue weighted by atomic mass is 35.5. The normalized spacial score (nSPS) is 10.1. The van der Waals surface area contributed by atoms with Crippen LogP contribution in [0.25, 0.3) is 11.1 Å². The van der Waals surface area contributed by atoms with Crippen LogP contribution in [0.2, 0.25) is 5.02 Å². The third kappa shape index (κ3) is 4.06. The van der Waals surface area contributed by atoms with Crippen LogP contribution >= 0.6 is 11.6 Å². The number of Topliss-reactive ketones (excluding diaryl/α,β-unsaturated/α-hetero) is 1. The quantitative estimate of drug-likeness (QED) is 0.600. The van der Waals surface area contributed by atoms with E-state index in [1.54, 1.807) is 36.4 Å². The summed E-state index contributed by atoms with van der Waals surface area (Å²) in [6, 6.07) is 23.8. The van der Waals surface area contributed by atoms with E-state index in [1.807, 2.05) is 36.4 Å². The van der Waals surface area contributed by atoms with Crippen LogP contribution in [-0.4, -0.2) is 12.4 Å². The van der Waals surface area contributed by atoms with Crippen LogP contribution in [0.1, 0.15) is 15.9 Å². The lowest BCUT2D eigenvalue weighted by atomic mass is 10.0. The Hall–Kier alpha value is -3.09. The molecule has 0 spiro atoms. The summed E-state index contributed by atoms with van der Waals surface area (Å²) in [5, 5.41) is 9.26. The van der Waals surface area contributed by atoms with Crippen molar-refractivity contribution < 1.29 is 9.53 Å². The zero-order chi connectivity index (χ0) is 17.6. The summed E-state index contributed by atoms with van der Waals surface area (Å²) in [6.45, 7) is -0.0695. The molecule has 4 heteroatoms. The van der Waals surface area contributed by atoms with Gasteiger partial charge in [0.15, 0.2) is 6.61 Å². The number of hydrogen-bond donors (Lipinski definition) is 0. The maximum Gasteiger partial charge on any atom is 0.201 e. The van der Waals surface area contributed by atoms with Crippen LogP contribution in [0, 0.1) is 11.3 Å². The summed E-state index contributed by atoms with van der Waals surface area (Å²) in [7, 11) is 0. The van der Waals surface area contributed by atoms with E-state index in [-0.39, 0.29) is 12.4 Å². The first-order chi connectivity index (χ1) is 12.2. The van der Waals surface area contributed by atoms with Crippen molar-refractivity contribution in [1.82, 2.24) is 0 Å². The van der Waals surface area contributed by atoms with Crippen molar-refractivity contribution in [3.05, 3.63) is 88.9 Å². The van der Waals surface area contributed by atoms with Gasteiger partial charge in [0.05, 0.1) is 16.7 Å². The molecule has 0 aliphatic rings. The maximum absolute atomic E-state index is 12.2. The Kier molecular flexibility index (Phi) is 5.13. The fourth-order valence-electron chi connectivity index (χ4n) is 2.39. The first kappa shape index (κ1) is 16.8. The number of ether oxygens (including phenoxy) is 1. The van der Waals surface area contributed by atoms with Gasteiger partial charge in [-0.2, -0.15) is 5.26 Å². The van der Waals surface area contributed by atoms with E-state index in [1.165, 1.54) is 0 Å². The molecule has 0 radical (unpaired) electrons. The number of nitriles is 1. The number of rotatable bonds is 5. The Bertz CT molecular complexity index is 925. The van der Waals surface area contributed by atoms with E-state index < -0.39 is 0 Å². The van der Waals surface area contributed by atoms with Gasteiger partial charge in [0.1, 0.15) is 5.75 Å². The monoisotopic (exact) mass is 347 g/mol. The fraction of sp³-hybridized carbons (Fsp3) is 0.0476. The highest BCUT2D eigenvalue weighted by Gasteiger charge is 2.10. The van der Waals surface area contributed by atoms with E-state index in [2.05, 4.69) is 6.07 Å². The Labute approximate surface area is 151 Å². The SMILES string of the molecule is N#Cc1ccc(-c2ccc(OCC(=O)c3ccccc3Cl)cc2)cc1. The molecule has 0 heterocycles. The van der Waals surface area contributed by atoms with Crippen LogP contribution in [-0.2, 0) is 0 Å². The molecular weight excluding hydrogens is 334 g/mol. The van der Waals surface area contributed by atoms with Gasteiger partial charge in [0.25, 0.3) is 0 Å². The van der Waals surface area contributed by atoms with Crippen molar-refractivity contribution in [2.45, 2.75) is 0 Å². The lowest BCUT2D eigenvalue weighted by molar-refractivity contribution is 0.0921. The zero-order valence-electron chi connectivity index (χ0n) is 13.3. The molecule has 0 unspecified atom stereocenters. The van der Waals surface area contributed by atoms with E-state index >= 15 is 0 Å². The maximum atomic E-state index is 12.2. The zero-order valence-corrected chi connectivity index (χ0v) is 14.0. The van der Waals surface area contributed by atoms with Gasteiger partial charge in [0.2, 0.25) is 5.78 Å². The average molecular weight is 348 g/mol. The fourth-order valence-corrected chi connectivity index (χ4v) is 2.64. The number of ketones is 1. The van der Waals surface area contributed by atoms with Crippen molar-refractivity contribution in [2.24, 2.45) is 0 Å². The van der Waals surface area contributed by atoms with Crippen LogP contribution < -0.4 is 4.74 Å². The molecule has 3 aromatic rings. The van der Waals surface area contributed by atoms with E-state index in [4.69, 9.17) is 21.6 Å². The first-order valence-corrected chi connectivity index (χ1v) is 8.06. The Morgan fingerprint density at radius 2 is 1.52 bits per heavy atom. The first-order valence-electron chi connectivity index (χ1n) is 7.68. The Morgan fingerprint density at radius 3 is 2.12 bits per heavy atom. The van der Waals surface area contributed by atoms with Gasteiger partial charge >= 0.3 is 0 Å². The molecule has 122 valence electrons. The second-order valence-corrected chi connectivity index (χ2v) is 5.81. The van der Waals surface area contributed by atoms with E-state index in [0.717, 1.165) is 11.1 Å². The molecule has 0 aliphatic carbocycles. The second kappa shape index (κ2) is 7.65. The second-order valence-electron chi connectivity index (χ2n) is 5.41.